The number of thiophene rings is 1. The smallest absolute Gasteiger partial charge is 0.406 e. The van der Waals surface area contributed by atoms with E-state index in [1.807, 2.05) is 23.8 Å². The van der Waals surface area contributed by atoms with Crippen LogP contribution >= 0.6 is 34.7 Å². The number of halogens is 4. The fraction of sp³-hybridized carbons (Fsp3) is 0.294. The predicted octanol–water partition coefficient (Wildman–Crippen LogP) is 6.18. The second-order valence-electron chi connectivity index (χ2n) is 5.59. The van der Waals surface area contributed by atoms with Gasteiger partial charge in [-0.3, -0.25) is 0 Å². The van der Waals surface area contributed by atoms with Gasteiger partial charge in [-0.25, -0.2) is 0 Å². The van der Waals surface area contributed by atoms with Crippen LogP contribution in [0.3, 0.4) is 0 Å². The van der Waals surface area contributed by atoms with Gasteiger partial charge in [-0.05, 0) is 42.5 Å². The Balaban J connectivity index is 1.72. The van der Waals surface area contributed by atoms with Crippen molar-refractivity contribution in [2.75, 3.05) is 0 Å². The Morgan fingerprint density at radius 1 is 1.22 bits per heavy atom. The van der Waals surface area contributed by atoms with E-state index in [1.54, 1.807) is 12.1 Å². The first-order chi connectivity index (χ1) is 12.8. The molecule has 0 saturated heterocycles. The first kappa shape index (κ1) is 20.0. The number of hydrogen-bond donors (Lipinski definition) is 0. The summed E-state index contributed by atoms with van der Waals surface area (Å²) in [5, 5.41) is 11.9. The second-order valence-corrected chi connectivity index (χ2v) is 7.79. The van der Waals surface area contributed by atoms with Crippen LogP contribution in [-0.2, 0) is 12.3 Å². The van der Waals surface area contributed by atoms with Crippen LogP contribution in [0.2, 0.25) is 5.02 Å². The average Bonchev–Trinajstić information content (AvgIpc) is 3.16. The second kappa shape index (κ2) is 8.12. The van der Waals surface area contributed by atoms with Crippen LogP contribution in [0.4, 0.5) is 13.2 Å². The molecule has 2 heterocycles. The molecule has 3 rings (SSSR count). The number of thioether (sulfide) groups is 1. The number of benzene rings is 1. The lowest BCUT2D eigenvalue weighted by atomic mass is 10.2. The summed E-state index contributed by atoms with van der Waals surface area (Å²) in [6.07, 6.45) is -4.69. The lowest BCUT2D eigenvalue weighted by Gasteiger charge is -2.09. The van der Waals surface area contributed by atoms with E-state index in [2.05, 4.69) is 14.9 Å². The van der Waals surface area contributed by atoms with Crippen molar-refractivity contribution in [1.29, 1.82) is 0 Å². The minimum atomic E-state index is -4.69. The summed E-state index contributed by atoms with van der Waals surface area (Å²) in [6.45, 7) is 4.61. The Bertz CT molecular complexity index is 923. The molecule has 0 unspecified atom stereocenters. The fourth-order valence-corrected chi connectivity index (χ4v) is 4.59. The molecule has 0 aliphatic carbocycles. The van der Waals surface area contributed by atoms with Gasteiger partial charge < -0.3 is 9.30 Å². The summed E-state index contributed by atoms with van der Waals surface area (Å²) in [5.74, 6) is 1.02. The van der Waals surface area contributed by atoms with Crippen LogP contribution < -0.4 is 4.74 Å². The van der Waals surface area contributed by atoms with Gasteiger partial charge in [-0.1, -0.05) is 35.5 Å². The van der Waals surface area contributed by atoms with E-state index in [9.17, 15) is 13.2 Å². The topological polar surface area (TPSA) is 39.9 Å². The molecule has 1 aromatic carbocycles. The SMILES string of the molecule is CCn1c(SCc2ccc(OC(F)(F)F)cc2)nnc1-c1scc(C)c1Cl. The molecule has 0 amide bonds. The highest BCUT2D eigenvalue weighted by molar-refractivity contribution is 7.98. The van der Waals surface area contributed by atoms with Gasteiger partial charge in [0, 0.05) is 12.3 Å². The lowest BCUT2D eigenvalue weighted by molar-refractivity contribution is -0.274. The number of ether oxygens (including phenoxy) is 1. The Morgan fingerprint density at radius 2 is 1.93 bits per heavy atom. The maximum atomic E-state index is 12.2. The third-order valence-corrected chi connectivity index (χ3v) is 6.39. The highest BCUT2D eigenvalue weighted by atomic mass is 35.5. The number of alkyl halides is 3. The molecule has 27 heavy (non-hydrogen) atoms. The maximum Gasteiger partial charge on any atom is 0.573 e. The molecule has 10 heteroatoms. The van der Waals surface area contributed by atoms with Crippen molar-refractivity contribution in [3.63, 3.8) is 0 Å². The van der Waals surface area contributed by atoms with Crippen molar-refractivity contribution in [1.82, 2.24) is 14.8 Å². The van der Waals surface area contributed by atoms with Crippen molar-refractivity contribution >= 4 is 34.7 Å². The molecule has 3 aromatic rings. The minimum Gasteiger partial charge on any atom is -0.406 e. The third kappa shape index (κ3) is 4.77. The number of aryl methyl sites for hydroxylation is 1. The van der Waals surface area contributed by atoms with Crippen molar-refractivity contribution in [3.8, 4) is 16.5 Å². The van der Waals surface area contributed by atoms with Gasteiger partial charge >= 0.3 is 6.36 Å². The van der Waals surface area contributed by atoms with E-state index in [0.717, 1.165) is 27.0 Å². The van der Waals surface area contributed by atoms with Gasteiger partial charge in [0.25, 0.3) is 0 Å². The zero-order valence-corrected chi connectivity index (χ0v) is 16.8. The normalized spacial score (nSPS) is 11.8. The molecule has 144 valence electrons. The van der Waals surface area contributed by atoms with Gasteiger partial charge in [-0.15, -0.1) is 34.7 Å². The molecular weight excluding hydrogens is 419 g/mol. The van der Waals surface area contributed by atoms with Gasteiger partial charge in [-0.2, -0.15) is 0 Å². The summed E-state index contributed by atoms with van der Waals surface area (Å²) < 4.78 is 42.5. The van der Waals surface area contributed by atoms with E-state index in [1.165, 1.54) is 35.2 Å². The van der Waals surface area contributed by atoms with E-state index >= 15 is 0 Å². The van der Waals surface area contributed by atoms with Gasteiger partial charge in [0.05, 0.1) is 9.90 Å². The van der Waals surface area contributed by atoms with Gasteiger partial charge in [0.2, 0.25) is 0 Å². The quantitative estimate of drug-likeness (QED) is 0.435. The summed E-state index contributed by atoms with van der Waals surface area (Å²) in [4.78, 5) is 0.879. The number of rotatable bonds is 6. The lowest BCUT2D eigenvalue weighted by Crippen LogP contribution is -2.16. The Hall–Kier alpha value is -1.71. The van der Waals surface area contributed by atoms with Crippen LogP contribution in [0.25, 0.3) is 10.7 Å². The molecule has 0 saturated carbocycles. The van der Waals surface area contributed by atoms with Crippen molar-refractivity contribution < 1.29 is 17.9 Å². The fourth-order valence-electron chi connectivity index (χ4n) is 2.36. The molecule has 0 aliphatic heterocycles. The molecular formula is C17H15ClF3N3OS2. The van der Waals surface area contributed by atoms with E-state index in [-0.39, 0.29) is 5.75 Å². The maximum absolute atomic E-state index is 12.2. The molecule has 0 bridgehead atoms. The molecule has 2 aromatic heterocycles. The molecule has 0 atom stereocenters. The Morgan fingerprint density at radius 3 is 2.48 bits per heavy atom. The molecule has 0 spiro atoms. The highest BCUT2D eigenvalue weighted by Gasteiger charge is 2.30. The summed E-state index contributed by atoms with van der Waals surface area (Å²) in [7, 11) is 0. The van der Waals surface area contributed by atoms with Crippen LogP contribution in [0.5, 0.6) is 5.75 Å². The third-order valence-electron chi connectivity index (χ3n) is 3.66. The first-order valence-corrected chi connectivity index (χ1v) is 10.2. The summed E-state index contributed by atoms with van der Waals surface area (Å²) >= 11 is 9.33. The zero-order valence-electron chi connectivity index (χ0n) is 14.4. The number of aromatic nitrogens is 3. The zero-order chi connectivity index (χ0) is 19.6. The van der Waals surface area contributed by atoms with Crippen LogP contribution in [0, 0.1) is 6.92 Å². The first-order valence-electron chi connectivity index (χ1n) is 7.93. The van der Waals surface area contributed by atoms with E-state index in [4.69, 9.17) is 11.6 Å². The largest absolute Gasteiger partial charge is 0.573 e. The van der Waals surface area contributed by atoms with E-state index in [0.29, 0.717) is 17.3 Å². The standard InChI is InChI=1S/C17H15ClF3N3OS2/c1-3-24-15(14-13(18)10(2)8-26-14)22-23-16(24)27-9-11-4-6-12(7-5-11)25-17(19,20)21/h4-8H,3,9H2,1-2H3. The van der Waals surface area contributed by atoms with Crippen molar-refractivity contribution in [2.24, 2.45) is 0 Å². The van der Waals surface area contributed by atoms with Gasteiger partial charge in [0.1, 0.15) is 5.75 Å². The Kier molecular flexibility index (Phi) is 6.02. The summed E-state index contributed by atoms with van der Waals surface area (Å²) in [6, 6.07) is 5.80. The monoisotopic (exact) mass is 433 g/mol. The van der Waals surface area contributed by atoms with Crippen molar-refractivity contribution in [3.05, 3.63) is 45.8 Å². The van der Waals surface area contributed by atoms with Crippen LogP contribution in [-0.4, -0.2) is 21.1 Å². The number of nitrogens with zero attached hydrogens (tertiary/aromatic N) is 3. The molecule has 0 N–H and O–H groups in total. The number of hydrogen-bond acceptors (Lipinski definition) is 5. The predicted molar refractivity (Wildman–Crippen MR) is 101 cm³/mol. The molecule has 4 nitrogen and oxygen atoms in total. The molecule has 0 aliphatic rings. The minimum absolute atomic E-state index is 0.238. The molecule has 0 radical (unpaired) electrons. The highest BCUT2D eigenvalue weighted by Crippen LogP contribution is 2.37. The van der Waals surface area contributed by atoms with Crippen LogP contribution in [0.1, 0.15) is 18.1 Å². The van der Waals surface area contributed by atoms with Crippen LogP contribution in [0.15, 0.2) is 34.8 Å². The van der Waals surface area contributed by atoms with Gasteiger partial charge in [0.15, 0.2) is 11.0 Å². The molecule has 0 fully saturated rings. The summed E-state index contributed by atoms with van der Waals surface area (Å²) in [5.41, 5.74) is 1.85. The van der Waals surface area contributed by atoms with E-state index < -0.39 is 6.36 Å². The van der Waals surface area contributed by atoms with Crippen molar-refractivity contribution in [2.45, 2.75) is 37.7 Å². The average molecular weight is 434 g/mol. The Labute approximate surface area is 167 Å².